The monoisotopic (exact) mass is 356 g/mol. The molecule has 0 radical (unpaired) electrons. The molecular formula is C23H32O3. The molecule has 0 bridgehead atoms. The van der Waals surface area contributed by atoms with E-state index in [0.29, 0.717) is 24.5 Å². The summed E-state index contributed by atoms with van der Waals surface area (Å²) in [6.45, 7) is 6.65. The maximum absolute atomic E-state index is 12.3. The first kappa shape index (κ1) is 20.4. The second-order valence-electron chi connectivity index (χ2n) is 8.27. The van der Waals surface area contributed by atoms with E-state index in [-0.39, 0.29) is 17.3 Å². The van der Waals surface area contributed by atoms with Crippen LogP contribution in [-0.4, -0.2) is 18.9 Å². The Kier molecular flexibility index (Phi) is 7.19. The second-order valence-corrected chi connectivity index (χ2v) is 8.27. The fraction of sp³-hybridized carbons (Fsp3) is 0.565. The topological polar surface area (TPSA) is 43.4 Å². The number of hydrogen-bond donors (Lipinski definition) is 0. The fourth-order valence-electron chi connectivity index (χ4n) is 3.66. The highest BCUT2D eigenvalue weighted by atomic mass is 16.5. The molecular weight excluding hydrogens is 324 g/mol. The quantitative estimate of drug-likeness (QED) is 0.376. The summed E-state index contributed by atoms with van der Waals surface area (Å²) in [5.74, 6) is 0.640. The van der Waals surface area contributed by atoms with Crippen LogP contribution in [-0.2, 0) is 19.7 Å². The van der Waals surface area contributed by atoms with Gasteiger partial charge in [0, 0.05) is 18.8 Å². The zero-order chi connectivity index (χ0) is 19.2. The van der Waals surface area contributed by atoms with Crippen molar-refractivity contribution in [3.05, 3.63) is 47.5 Å². The van der Waals surface area contributed by atoms with E-state index in [4.69, 9.17) is 0 Å². The molecule has 142 valence electrons. The summed E-state index contributed by atoms with van der Waals surface area (Å²) in [7, 11) is 1.41. The van der Waals surface area contributed by atoms with E-state index in [9.17, 15) is 9.59 Å². The Morgan fingerprint density at radius 3 is 2.50 bits per heavy atom. The van der Waals surface area contributed by atoms with Gasteiger partial charge in [0.2, 0.25) is 0 Å². The van der Waals surface area contributed by atoms with Crippen LogP contribution in [0.1, 0.15) is 76.3 Å². The molecule has 0 aromatic heterocycles. The van der Waals surface area contributed by atoms with Crippen molar-refractivity contribution in [1.82, 2.24) is 0 Å². The van der Waals surface area contributed by atoms with Gasteiger partial charge in [0.25, 0.3) is 0 Å². The van der Waals surface area contributed by atoms with Crippen LogP contribution >= 0.6 is 0 Å². The first-order valence-corrected chi connectivity index (χ1v) is 9.68. The van der Waals surface area contributed by atoms with Crippen molar-refractivity contribution < 1.29 is 14.3 Å². The number of unbranched alkanes of at least 4 members (excludes halogenated alkanes) is 1. The van der Waals surface area contributed by atoms with E-state index in [1.54, 1.807) is 0 Å². The van der Waals surface area contributed by atoms with Crippen molar-refractivity contribution in [2.75, 3.05) is 7.11 Å². The van der Waals surface area contributed by atoms with E-state index in [2.05, 4.69) is 61.9 Å². The molecule has 26 heavy (non-hydrogen) atoms. The fourth-order valence-corrected chi connectivity index (χ4v) is 3.66. The van der Waals surface area contributed by atoms with Gasteiger partial charge < -0.3 is 4.74 Å². The number of esters is 1. The van der Waals surface area contributed by atoms with Crippen molar-refractivity contribution in [1.29, 1.82) is 0 Å². The largest absolute Gasteiger partial charge is 0.469 e. The maximum Gasteiger partial charge on any atom is 0.305 e. The first-order valence-electron chi connectivity index (χ1n) is 9.68. The average Bonchev–Trinajstić information content (AvgIpc) is 2.97. The molecule has 1 saturated carbocycles. The summed E-state index contributed by atoms with van der Waals surface area (Å²) in [5.41, 5.74) is 2.76. The maximum atomic E-state index is 12.3. The molecule has 3 nitrogen and oxygen atoms in total. The van der Waals surface area contributed by atoms with Gasteiger partial charge in [0.15, 0.2) is 0 Å². The van der Waals surface area contributed by atoms with Gasteiger partial charge in [-0.05, 0) is 48.1 Å². The van der Waals surface area contributed by atoms with Crippen molar-refractivity contribution in [2.45, 2.75) is 70.6 Å². The van der Waals surface area contributed by atoms with Gasteiger partial charge in [-0.3, -0.25) is 9.59 Å². The van der Waals surface area contributed by atoms with Crippen LogP contribution in [0.15, 0.2) is 36.4 Å². The molecule has 0 N–H and O–H groups in total. The molecule has 0 spiro atoms. The molecule has 2 atom stereocenters. The van der Waals surface area contributed by atoms with E-state index in [1.807, 2.05) is 0 Å². The van der Waals surface area contributed by atoms with Gasteiger partial charge in [-0.1, -0.05) is 57.2 Å². The summed E-state index contributed by atoms with van der Waals surface area (Å²) < 4.78 is 4.64. The zero-order valence-corrected chi connectivity index (χ0v) is 16.6. The summed E-state index contributed by atoms with van der Waals surface area (Å²) in [6.07, 6.45) is 8.73. The van der Waals surface area contributed by atoms with Gasteiger partial charge in [-0.25, -0.2) is 0 Å². The van der Waals surface area contributed by atoms with Gasteiger partial charge in [-0.15, -0.1) is 0 Å². The van der Waals surface area contributed by atoms with E-state index in [0.717, 1.165) is 25.7 Å². The highest BCUT2D eigenvalue weighted by molar-refractivity contribution is 5.84. The third kappa shape index (κ3) is 5.55. The van der Waals surface area contributed by atoms with Gasteiger partial charge >= 0.3 is 5.97 Å². The van der Waals surface area contributed by atoms with Crippen LogP contribution in [0.5, 0.6) is 0 Å². The number of hydrogen-bond acceptors (Lipinski definition) is 3. The summed E-state index contributed by atoms with van der Waals surface area (Å²) >= 11 is 0. The molecule has 1 aromatic carbocycles. The van der Waals surface area contributed by atoms with Crippen molar-refractivity contribution in [3.63, 3.8) is 0 Å². The summed E-state index contributed by atoms with van der Waals surface area (Å²) in [6, 6.07) is 8.82. The van der Waals surface area contributed by atoms with Crippen molar-refractivity contribution in [3.8, 4) is 0 Å². The Hall–Kier alpha value is -1.90. The number of rotatable bonds is 7. The van der Waals surface area contributed by atoms with Crippen LogP contribution in [0.25, 0.3) is 0 Å². The number of ketones is 1. The Bertz CT molecular complexity index is 634. The van der Waals surface area contributed by atoms with Crippen LogP contribution < -0.4 is 0 Å². The smallest absolute Gasteiger partial charge is 0.305 e. The van der Waals surface area contributed by atoms with Crippen molar-refractivity contribution >= 4 is 11.8 Å². The Labute approximate surface area is 157 Å². The number of methoxy groups -OCH3 is 1. The molecule has 1 fully saturated rings. The molecule has 0 saturated heterocycles. The van der Waals surface area contributed by atoms with Gasteiger partial charge in [0.1, 0.15) is 5.78 Å². The molecule has 1 aliphatic carbocycles. The first-order chi connectivity index (χ1) is 12.3. The van der Waals surface area contributed by atoms with Crippen molar-refractivity contribution in [2.24, 2.45) is 5.92 Å². The van der Waals surface area contributed by atoms with Crippen LogP contribution in [0, 0.1) is 5.92 Å². The summed E-state index contributed by atoms with van der Waals surface area (Å²) in [5, 5.41) is 0. The molecule has 2 rings (SSSR count). The summed E-state index contributed by atoms with van der Waals surface area (Å²) in [4.78, 5) is 23.4. The van der Waals surface area contributed by atoms with E-state index < -0.39 is 0 Å². The number of ether oxygens (including phenoxy) is 1. The minimum absolute atomic E-state index is 0.0901. The van der Waals surface area contributed by atoms with Crippen LogP contribution in [0.2, 0.25) is 0 Å². The molecule has 0 heterocycles. The molecule has 3 heteroatoms. The number of benzene rings is 1. The predicted molar refractivity (Wildman–Crippen MR) is 105 cm³/mol. The Morgan fingerprint density at radius 2 is 1.88 bits per heavy atom. The number of allylic oxidation sites excluding steroid dienone is 2. The molecule has 0 unspecified atom stereocenters. The molecule has 0 amide bonds. The van der Waals surface area contributed by atoms with E-state index in [1.165, 1.54) is 18.2 Å². The highest BCUT2D eigenvalue weighted by Gasteiger charge is 2.34. The normalized spacial score (nSPS) is 20.7. The average molecular weight is 357 g/mol. The zero-order valence-electron chi connectivity index (χ0n) is 16.6. The molecule has 0 aliphatic heterocycles. The minimum Gasteiger partial charge on any atom is -0.469 e. The lowest BCUT2D eigenvalue weighted by Gasteiger charge is -2.22. The lowest BCUT2D eigenvalue weighted by Crippen LogP contribution is -2.14. The minimum atomic E-state index is -0.164. The number of Topliss-reactive ketones (excluding diaryl/α,β-unsaturated/α-hetero) is 1. The Morgan fingerprint density at radius 1 is 1.19 bits per heavy atom. The SMILES string of the molecule is COC(=O)CCCC=CC[C@H]1C(=O)CC[C@@H]1c1ccc(C(C)(C)C)cc1. The van der Waals surface area contributed by atoms with Gasteiger partial charge in [0.05, 0.1) is 7.11 Å². The highest BCUT2D eigenvalue weighted by Crippen LogP contribution is 2.40. The number of carbonyl (C=O) groups is 2. The second kappa shape index (κ2) is 9.16. The Balaban J connectivity index is 1.92. The van der Waals surface area contributed by atoms with Crippen LogP contribution in [0.4, 0.5) is 0 Å². The lowest BCUT2D eigenvalue weighted by atomic mass is 9.82. The van der Waals surface area contributed by atoms with E-state index >= 15 is 0 Å². The molecule has 1 aromatic rings. The number of carbonyl (C=O) groups excluding carboxylic acids is 2. The standard InChI is InChI=1S/C23H32O3/c1-23(2,3)18-13-11-17(12-14-18)19-15-16-21(24)20(19)9-7-5-6-8-10-22(25)26-4/h5,7,11-14,19-20H,6,8-10,15-16H2,1-4H3/t19-,20-/m1/s1. The third-order valence-corrected chi connectivity index (χ3v) is 5.34. The van der Waals surface area contributed by atoms with Crippen LogP contribution in [0.3, 0.4) is 0 Å². The predicted octanol–water partition coefficient (Wildman–Crippen LogP) is 5.34. The van der Waals surface area contributed by atoms with Gasteiger partial charge in [-0.2, -0.15) is 0 Å². The lowest BCUT2D eigenvalue weighted by molar-refractivity contribution is -0.140. The third-order valence-electron chi connectivity index (χ3n) is 5.34. The molecule has 1 aliphatic rings.